The Hall–Kier alpha value is -1.17. The van der Waals surface area contributed by atoms with Gasteiger partial charge in [0.15, 0.2) is 0 Å². The predicted octanol–water partition coefficient (Wildman–Crippen LogP) is 0.510. The monoisotopic (exact) mass is 251 g/mol. The lowest BCUT2D eigenvalue weighted by Gasteiger charge is -2.30. The quantitative estimate of drug-likeness (QED) is 0.826. The van der Waals surface area contributed by atoms with Crippen molar-refractivity contribution in [3.05, 3.63) is 23.9 Å². The first kappa shape index (κ1) is 13.3. The highest BCUT2D eigenvalue weighted by Gasteiger charge is 2.16. The summed E-state index contributed by atoms with van der Waals surface area (Å²) in [5.41, 5.74) is 0.985. The lowest BCUT2D eigenvalue weighted by atomic mass is 10.2. The molecule has 5 nitrogen and oxygen atoms in total. The number of likely N-dealkylation sites (N-methyl/N-ethyl adjacent to an activating group) is 1. The molecule has 1 aromatic heterocycles. The maximum Gasteiger partial charge on any atom is 0.213 e. The van der Waals surface area contributed by atoms with Crippen LogP contribution in [0.2, 0.25) is 0 Å². The number of hydrogen-bond acceptors (Lipinski definition) is 5. The molecule has 0 amide bonds. The average molecular weight is 251 g/mol. The fourth-order valence-electron chi connectivity index (χ4n) is 2.02. The third kappa shape index (κ3) is 3.94. The zero-order valence-corrected chi connectivity index (χ0v) is 11.1. The van der Waals surface area contributed by atoms with Crippen LogP contribution in [0.25, 0.3) is 0 Å². The van der Waals surface area contributed by atoms with Crippen LogP contribution >= 0.6 is 0 Å². The second kappa shape index (κ2) is 6.68. The summed E-state index contributed by atoms with van der Waals surface area (Å²) in [6.07, 6.45) is 0.273. The van der Waals surface area contributed by atoms with Gasteiger partial charge in [-0.25, -0.2) is 4.98 Å². The van der Waals surface area contributed by atoms with E-state index in [9.17, 15) is 0 Å². The van der Waals surface area contributed by atoms with Gasteiger partial charge in [0.05, 0.1) is 25.5 Å². The van der Waals surface area contributed by atoms with Crippen LogP contribution in [0.1, 0.15) is 5.69 Å². The van der Waals surface area contributed by atoms with E-state index in [0.717, 1.165) is 38.5 Å². The minimum atomic E-state index is 0.273. The summed E-state index contributed by atoms with van der Waals surface area (Å²) in [6.45, 7) is 4.41. The number of morpholine rings is 1. The lowest BCUT2D eigenvalue weighted by molar-refractivity contribution is -0.0182. The highest BCUT2D eigenvalue weighted by Crippen LogP contribution is 2.06. The highest BCUT2D eigenvalue weighted by molar-refractivity contribution is 5.15. The number of rotatable bonds is 5. The van der Waals surface area contributed by atoms with Crippen molar-refractivity contribution in [1.29, 1.82) is 0 Å². The molecule has 1 fully saturated rings. The summed E-state index contributed by atoms with van der Waals surface area (Å²) in [5.74, 6) is 0.656. The first-order chi connectivity index (χ1) is 8.78. The normalized spacial score (nSPS) is 20.9. The Morgan fingerprint density at radius 3 is 3.22 bits per heavy atom. The van der Waals surface area contributed by atoms with Gasteiger partial charge in [0, 0.05) is 32.2 Å². The molecule has 2 rings (SSSR count). The van der Waals surface area contributed by atoms with Gasteiger partial charge < -0.3 is 19.7 Å². The summed E-state index contributed by atoms with van der Waals surface area (Å²) < 4.78 is 10.8. The van der Waals surface area contributed by atoms with Crippen LogP contribution < -0.4 is 10.1 Å². The van der Waals surface area contributed by atoms with Gasteiger partial charge >= 0.3 is 0 Å². The molecule has 0 saturated carbocycles. The van der Waals surface area contributed by atoms with Crippen LogP contribution in [0.15, 0.2) is 18.2 Å². The summed E-state index contributed by atoms with van der Waals surface area (Å²) >= 11 is 0. The van der Waals surface area contributed by atoms with E-state index < -0.39 is 0 Å². The molecule has 0 unspecified atom stereocenters. The first-order valence-corrected chi connectivity index (χ1v) is 6.28. The van der Waals surface area contributed by atoms with E-state index in [0.29, 0.717) is 5.88 Å². The van der Waals surface area contributed by atoms with E-state index in [4.69, 9.17) is 9.47 Å². The van der Waals surface area contributed by atoms with E-state index in [1.165, 1.54) is 0 Å². The molecule has 1 N–H and O–H groups in total. The molecular weight excluding hydrogens is 230 g/mol. The number of nitrogens with zero attached hydrogens (tertiary/aromatic N) is 2. The minimum Gasteiger partial charge on any atom is -0.481 e. The van der Waals surface area contributed by atoms with Crippen molar-refractivity contribution in [2.45, 2.75) is 12.6 Å². The van der Waals surface area contributed by atoms with Crippen molar-refractivity contribution in [3.63, 3.8) is 0 Å². The molecule has 1 saturated heterocycles. The average Bonchev–Trinajstić information content (AvgIpc) is 2.39. The summed E-state index contributed by atoms with van der Waals surface area (Å²) in [6, 6.07) is 5.79. The molecule has 18 heavy (non-hydrogen) atoms. The predicted molar refractivity (Wildman–Crippen MR) is 69.7 cm³/mol. The van der Waals surface area contributed by atoms with Gasteiger partial charge in [-0.2, -0.15) is 0 Å². The Balaban J connectivity index is 1.74. The maximum atomic E-state index is 5.68. The number of hydrogen-bond donors (Lipinski definition) is 1. The molecule has 0 radical (unpaired) electrons. The Morgan fingerprint density at radius 2 is 2.44 bits per heavy atom. The van der Waals surface area contributed by atoms with Crippen LogP contribution in [-0.2, 0) is 11.3 Å². The molecule has 0 aromatic carbocycles. The Kier molecular flexibility index (Phi) is 4.92. The van der Waals surface area contributed by atoms with Crippen LogP contribution in [-0.4, -0.2) is 56.4 Å². The minimum absolute atomic E-state index is 0.273. The summed E-state index contributed by atoms with van der Waals surface area (Å²) in [4.78, 5) is 6.64. The van der Waals surface area contributed by atoms with Crippen molar-refractivity contribution < 1.29 is 9.47 Å². The van der Waals surface area contributed by atoms with Gasteiger partial charge in [0.25, 0.3) is 0 Å². The largest absolute Gasteiger partial charge is 0.481 e. The number of ether oxygens (including phenoxy) is 2. The van der Waals surface area contributed by atoms with Crippen molar-refractivity contribution in [2.24, 2.45) is 0 Å². The fraction of sp³-hybridized carbons (Fsp3) is 0.615. The van der Waals surface area contributed by atoms with Gasteiger partial charge in [-0.05, 0) is 13.1 Å². The van der Waals surface area contributed by atoms with Gasteiger partial charge in [-0.15, -0.1) is 0 Å². The SMILES string of the molecule is COc1cccc(CNC[C@@H]2CN(C)CCO2)n1. The molecule has 1 aromatic rings. The standard InChI is InChI=1S/C13H21N3O2/c1-16-6-7-18-12(10-16)9-14-8-11-4-3-5-13(15-11)17-2/h3-5,12,14H,6-10H2,1-2H3/t12-/m1/s1. The number of pyridine rings is 1. The zero-order valence-electron chi connectivity index (χ0n) is 11.1. The Morgan fingerprint density at radius 1 is 1.56 bits per heavy atom. The van der Waals surface area contributed by atoms with Crippen molar-refractivity contribution in [1.82, 2.24) is 15.2 Å². The first-order valence-electron chi connectivity index (χ1n) is 6.28. The third-order valence-corrected chi connectivity index (χ3v) is 3.01. The van der Waals surface area contributed by atoms with Crippen LogP contribution in [0.5, 0.6) is 5.88 Å². The number of nitrogens with one attached hydrogen (secondary N) is 1. The zero-order chi connectivity index (χ0) is 12.8. The Bertz CT molecular complexity index is 373. The summed E-state index contributed by atoms with van der Waals surface area (Å²) in [7, 11) is 3.75. The van der Waals surface area contributed by atoms with E-state index in [1.807, 2.05) is 18.2 Å². The molecule has 100 valence electrons. The van der Waals surface area contributed by atoms with Gasteiger partial charge in [0.1, 0.15) is 0 Å². The molecule has 1 aliphatic heterocycles. The second-order valence-corrected chi connectivity index (χ2v) is 4.56. The van der Waals surface area contributed by atoms with Crippen LogP contribution in [0, 0.1) is 0 Å². The van der Waals surface area contributed by atoms with Crippen LogP contribution in [0.3, 0.4) is 0 Å². The second-order valence-electron chi connectivity index (χ2n) is 4.56. The highest BCUT2D eigenvalue weighted by atomic mass is 16.5. The molecule has 5 heteroatoms. The molecule has 1 aliphatic rings. The molecule has 2 heterocycles. The maximum absolute atomic E-state index is 5.68. The van der Waals surface area contributed by atoms with Gasteiger partial charge in [-0.1, -0.05) is 6.07 Å². The molecule has 0 aliphatic carbocycles. The van der Waals surface area contributed by atoms with E-state index in [2.05, 4.69) is 22.2 Å². The Labute approximate surface area is 108 Å². The molecule has 0 spiro atoms. The van der Waals surface area contributed by atoms with E-state index >= 15 is 0 Å². The topological polar surface area (TPSA) is 46.6 Å². The van der Waals surface area contributed by atoms with Gasteiger partial charge in [0.2, 0.25) is 5.88 Å². The van der Waals surface area contributed by atoms with Gasteiger partial charge in [-0.3, -0.25) is 0 Å². The van der Waals surface area contributed by atoms with Crippen molar-refractivity contribution >= 4 is 0 Å². The number of aromatic nitrogens is 1. The van der Waals surface area contributed by atoms with Crippen molar-refractivity contribution in [2.75, 3.05) is 40.4 Å². The summed E-state index contributed by atoms with van der Waals surface area (Å²) in [5, 5.41) is 3.37. The molecular formula is C13H21N3O2. The van der Waals surface area contributed by atoms with E-state index in [-0.39, 0.29) is 6.10 Å². The third-order valence-electron chi connectivity index (χ3n) is 3.01. The molecule has 1 atom stereocenters. The lowest BCUT2D eigenvalue weighted by Crippen LogP contribution is -2.44. The van der Waals surface area contributed by atoms with Crippen molar-refractivity contribution in [3.8, 4) is 5.88 Å². The number of methoxy groups -OCH3 is 1. The van der Waals surface area contributed by atoms with Crippen LogP contribution in [0.4, 0.5) is 0 Å². The fourth-order valence-corrected chi connectivity index (χ4v) is 2.02. The smallest absolute Gasteiger partial charge is 0.213 e. The molecule has 0 bridgehead atoms. The van der Waals surface area contributed by atoms with E-state index in [1.54, 1.807) is 7.11 Å².